The fourth-order valence-electron chi connectivity index (χ4n) is 2.21. The molecule has 1 aliphatic carbocycles. The summed E-state index contributed by atoms with van der Waals surface area (Å²) < 4.78 is 0. The average Bonchev–Trinajstić information content (AvgIpc) is 3.09. The highest BCUT2D eigenvalue weighted by molar-refractivity contribution is 5.89. The first-order valence-corrected chi connectivity index (χ1v) is 6.64. The van der Waals surface area contributed by atoms with Gasteiger partial charge in [0.25, 0.3) is 0 Å². The predicted octanol–water partition coefficient (Wildman–Crippen LogP) is 0.615. The van der Waals surface area contributed by atoms with Crippen molar-refractivity contribution in [3.05, 3.63) is 0 Å². The fraction of sp³-hybridized carbons (Fsp3) is 0.846. The summed E-state index contributed by atoms with van der Waals surface area (Å²) in [4.78, 5) is 27.7. The lowest BCUT2D eigenvalue weighted by Crippen LogP contribution is -2.58. The van der Waals surface area contributed by atoms with Gasteiger partial charge in [0.2, 0.25) is 11.8 Å². The van der Waals surface area contributed by atoms with Crippen molar-refractivity contribution in [2.24, 2.45) is 11.1 Å². The van der Waals surface area contributed by atoms with Crippen LogP contribution in [0, 0.1) is 5.41 Å². The van der Waals surface area contributed by atoms with Crippen molar-refractivity contribution in [2.45, 2.75) is 45.7 Å². The van der Waals surface area contributed by atoms with Gasteiger partial charge in [-0.2, -0.15) is 0 Å². The van der Waals surface area contributed by atoms with E-state index in [0.29, 0.717) is 19.1 Å². The highest BCUT2D eigenvalue weighted by atomic mass is 35.5. The predicted molar refractivity (Wildman–Crippen MR) is 76.0 cm³/mol. The first-order chi connectivity index (χ1) is 8.30. The maximum absolute atomic E-state index is 12.2. The smallest absolute Gasteiger partial charge is 0.242 e. The van der Waals surface area contributed by atoms with Crippen molar-refractivity contribution in [3.8, 4) is 0 Å². The molecule has 6 heteroatoms. The molecule has 0 spiro atoms. The summed E-state index contributed by atoms with van der Waals surface area (Å²) in [6.45, 7) is 7.30. The van der Waals surface area contributed by atoms with Gasteiger partial charge >= 0.3 is 0 Å². The first kappa shape index (κ1) is 16.2. The topological polar surface area (TPSA) is 66.6 Å². The Morgan fingerprint density at radius 2 is 1.89 bits per heavy atom. The summed E-state index contributed by atoms with van der Waals surface area (Å²) >= 11 is 0. The Bertz CT molecular complexity index is 363. The van der Waals surface area contributed by atoms with Crippen molar-refractivity contribution >= 4 is 24.2 Å². The molecule has 19 heavy (non-hydrogen) atoms. The molecule has 2 amide bonds. The number of carbonyl (C=O) groups is 2. The van der Waals surface area contributed by atoms with Gasteiger partial charge < -0.3 is 15.5 Å². The number of rotatable bonds is 2. The standard InChI is InChI=1S/C13H23N3O2.ClH/c1-13(2,3)11(14)12(18)15-6-7-16(9-4-5-9)10(17)8-15;/h9,11H,4-8,14H2,1-3H3;1H/t11-;/m1./s1. The van der Waals surface area contributed by atoms with Crippen LogP contribution in [0.25, 0.3) is 0 Å². The summed E-state index contributed by atoms with van der Waals surface area (Å²) in [7, 11) is 0. The minimum absolute atomic E-state index is 0. The maximum atomic E-state index is 12.2. The molecular weight excluding hydrogens is 266 g/mol. The summed E-state index contributed by atoms with van der Waals surface area (Å²) in [5.74, 6) is -0.0375. The molecule has 1 saturated carbocycles. The Balaban J connectivity index is 0.00000180. The van der Waals surface area contributed by atoms with E-state index < -0.39 is 6.04 Å². The van der Waals surface area contributed by atoms with Gasteiger partial charge in [0.05, 0.1) is 12.6 Å². The molecule has 1 heterocycles. The van der Waals surface area contributed by atoms with E-state index >= 15 is 0 Å². The van der Waals surface area contributed by atoms with Crippen LogP contribution in [0.3, 0.4) is 0 Å². The number of nitrogens with zero attached hydrogens (tertiary/aromatic N) is 2. The molecule has 5 nitrogen and oxygen atoms in total. The van der Waals surface area contributed by atoms with Crippen molar-refractivity contribution in [3.63, 3.8) is 0 Å². The van der Waals surface area contributed by atoms with E-state index in [0.717, 1.165) is 12.8 Å². The summed E-state index contributed by atoms with van der Waals surface area (Å²) in [5.41, 5.74) is 5.69. The highest BCUT2D eigenvalue weighted by Gasteiger charge is 2.39. The quantitative estimate of drug-likeness (QED) is 0.810. The maximum Gasteiger partial charge on any atom is 0.242 e. The van der Waals surface area contributed by atoms with Crippen LogP contribution in [0.4, 0.5) is 0 Å². The zero-order chi connectivity index (χ0) is 13.5. The second-order valence-electron chi connectivity index (χ2n) is 6.42. The molecule has 110 valence electrons. The zero-order valence-corrected chi connectivity index (χ0v) is 12.7. The van der Waals surface area contributed by atoms with Gasteiger partial charge in [0.1, 0.15) is 0 Å². The number of nitrogens with two attached hydrogens (primary N) is 1. The molecule has 1 saturated heterocycles. The molecule has 0 bridgehead atoms. The van der Waals surface area contributed by atoms with Crippen molar-refractivity contribution in [1.82, 2.24) is 9.80 Å². The minimum atomic E-state index is -0.544. The molecule has 0 aromatic rings. The number of amides is 2. The fourth-order valence-corrected chi connectivity index (χ4v) is 2.21. The number of halogens is 1. The molecule has 1 aliphatic heterocycles. The van der Waals surface area contributed by atoms with Crippen LogP contribution < -0.4 is 5.73 Å². The van der Waals surface area contributed by atoms with Gasteiger partial charge in [-0.05, 0) is 18.3 Å². The monoisotopic (exact) mass is 289 g/mol. The Morgan fingerprint density at radius 3 is 2.32 bits per heavy atom. The Labute approximate surface area is 120 Å². The normalized spacial score (nSPS) is 22.0. The number of piperazine rings is 1. The lowest BCUT2D eigenvalue weighted by molar-refractivity contribution is -0.147. The largest absolute Gasteiger partial charge is 0.336 e. The highest BCUT2D eigenvalue weighted by Crippen LogP contribution is 2.28. The van der Waals surface area contributed by atoms with E-state index in [-0.39, 0.29) is 36.2 Å². The van der Waals surface area contributed by atoms with E-state index in [9.17, 15) is 9.59 Å². The van der Waals surface area contributed by atoms with Crippen molar-refractivity contribution in [1.29, 1.82) is 0 Å². The van der Waals surface area contributed by atoms with Gasteiger partial charge in [-0.15, -0.1) is 12.4 Å². The average molecular weight is 290 g/mol. The summed E-state index contributed by atoms with van der Waals surface area (Å²) in [6, 6.07) is -0.108. The van der Waals surface area contributed by atoms with Crippen LogP contribution in [0.2, 0.25) is 0 Å². The van der Waals surface area contributed by atoms with Crippen molar-refractivity contribution < 1.29 is 9.59 Å². The van der Waals surface area contributed by atoms with Gasteiger partial charge in [-0.1, -0.05) is 20.8 Å². The lowest BCUT2D eigenvalue weighted by Gasteiger charge is -2.37. The number of hydrogen-bond acceptors (Lipinski definition) is 3. The molecule has 1 atom stereocenters. The summed E-state index contributed by atoms with van der Waals surface area (Å²) in [6.07, 6.45) is 2.22. The van der Waals surface area contributed by atoms with Crippen LogP contribution in [-0.4, -0.2) is 53.3 Å². The third-order valence-electron chi connectivity index (χ3n) is 3.76. The van der Waals surface area contributed by atoms with E-state index in [1.165, 1.54) is 0 Å². The summed E-state index contributed by atoms with van der Waals surface area (Å²) in [5, 5.41) is 0. The lowest BCUT2D eigenvalue weighted by atomic mass is 9.86. The zero-order valence-electron chi connectivity index (χ0n) is 11.9. The van der Waals surface area contributed by atoms with Gasteiger partial charge in [-0.25, -0.2) is 0 Å². The molecule has 0 aromatic heterocycles. The molecule has 0 radical (unpaired) electrons. The van der Waals surface area contributed by atoms with Crippen LogP contribution in [0.15, 0.2) is 0 Å². The van der Waals surface area contributed by atoms with Gasteiger partial charge in [0, 0.05) is 19.1 Å². The van der Waals surface area contributed by atoms with E-state index in [2.05, 4.69) is 0 Å². The molecule has 2 N–H and O–H groups in total. The SMILES string of the molecule is CC(C)(C)[C@H](N)C(=O)N1CCN(C2CC2)C(=O)C1.Cl. The van der Waals surface area contributed by atoms with Crippen LogP contribution >= 0.6 is 12.4 Å². The third-order valence-corrected chi connectivity index (χ3v) is 3.76. The minimum Gasteiger partial charge on any atom is -0.336 e. The van der Waals surface area contributed by atoms with E-state index in [4.69, 9.17) is 5.73 Å². The molecule has 0 aromatic carbocycles. The third kappa shape index (κ3) is 3.60. The Morgan fingerprint density at radius 1 is 1.32 bits per heavy atom. The van der Waals surface area contributed by atoms with E-state index in [1.807, 2.05) is 25.7 Å². The van der Waals surface area contributed by atoms with Crippen LogP contribution in [-0.2, 0) is 9.59 Å². The number of carbonyl (C=O) groups excluding carboxylic acids is 2. The molecule has 0 unspecified atom stereocenters. The Hall–Kier alpha value is -0.810. The molecule has 2 fully saturated rings. The number of hydrogen-bond donors (Lipinski definition) is 1. The van der Waals surface area contributed by atoms with Crippen molar-refractivity contribution in [2.75, 3.05) is 19.6 Å². The van der Waals surface area contributed by atoms with Gasteiger partial charge in [0.15, 0.2) is 0 Å². The Kier molecular flexibility index (Phi) is 4.85. The molecule has 2 rings (SSSR count). The molecule has 2 aliphatic rings. The second kappa shape index (κ2) is 5.67. The van der Waals surface area contributed by atoms with Crippen LogP contribution in [0.1, 0.15) is 33.6 Å². The van der Waals surface area contributed by atoms with Gasteiger partial charge in [-0.3, -0.25) is 9.59 Å². The molecular formula is C13H24ClN3O2. The first-order valence-electron chi connectivity index (χ1n) is 6.64. The second-order valence-corrected chi connectivity index (χ2v) is 6.42. The van der Waals surface area contributed by atoms with Crippen LogP contribution in [0.5, 0.6) is 0 Å². The van der Waals surface area contributed by atoms with E-state index in [1.54, 1.807) is 4.90 Å².